The van der Waals surface area contributed by atoms with Crippen LogP contribution in [0.3, 0.4) is 0 Å². The summed E-state index contributed by atoms with van der Waals surface area (Å²) in [5, 5.41) is 38.0. The van der Waals surface area contributed by atoms with Crippen LogP contribution in [0.5, 0.6) is 0 Å². The molecule has 4 N–H and O–H groups in total. The topological polar surface area (TPSA) is 127 Å². The van der Waals surface area contributed by atoms with Crippen LogP contribution in [0, 0.1) is 47.3 Å². The van der Waals surface area contributed by atoms with Gasteiger partial charge in [0.2, 0.25) is 0 Å². The maximum Gasteiger partial charge on any atom is 2.00 e. The number of carbonyl (C=O) groups is 2. The third-order valence-electron chi connectivity index (χ3n) is 12.5. The maximum absolute atomic E-state index is 11.6. The Morgan fingerprint density at radius 2 is 1.14 bits per heavy atom. The quantitative estimate of drug-likeness (QED) is 0.201. The second-order valence-corrected chi connectivity index (χ2v) is 14.5. The van der Waals surface area contributed by atoms with Gasteiger partial charge in [-0.25, -0.2) is 0 Å². The first-order chi connectivity index (χ1) is 20.0. The van der Waals surface area contributed by atoms with E-state index in [2.05, 4.69) is 63.6 Å². The number of fused-ring (bicyclic) bond motifs is 8. The van der Waals surface area contributed by atoms with E-state index in [1.165, 1.54) is 0 Å². The van der Waals surface area contributed by atoms with Gasteiger partial charge in [-0.1, -0.05) is 83.3 Å². The Kier molecular flexibility index (Phi) is 11.7. The molecular formula is C34H54N4O4Zn. The Morgan fingerprint density at radius 1 is 0.651 bits per heavy atom. The van der Waals surface area contributed by atoms with Crippen LogP contribution >= 0.6 is 0 Å². The normalized spacial score (nSPS) is 47.5. The Bertz CT molecular complexity index is 1010. The molecule has 5 saturated heterocycles. The molecule has 0 aliphatic carbocycles. The summed E-state index contributed by atoms with van der Waals surface area (Å²) in [6.45, 7) is 17.7. The molecule has 5 rings (SSSR count). The van der Waals surface area contributed by atoms with Crippen LogP contribution in [0.4, 0.5) is 0 Å². The molecule has 0 aromatic carbocycles. The van der Waals surface area contributed by atoms with Crippen LogP contribution < -0.4 is 10.6 Å². The minimum atomic E-state index is -0.749. The summed E-state index contributed by atoms with van der Waals surface area (Å²) in [6.07, 6.45) is 9.62. The van der Waals surface area contributed by atoms with E-state index in [-0.39, 0.29) is 80.4 Å². The zero-order valence-electron chi connectivity index (χ0n) is 26.8. The molecule has 0 aromatic rings. The maximum atomic E-state index is 11.6. The third kappa shape index (κ3) is 7.16. The number of hydrogen-bond acceptors (Lipinski definition) is 4. The van der Waals surface area contributed by atoms with Crippen molar-refractivity contribution in [2.75, 3.05) is 0 Å². The van der Waals surface area contributed by atoms with Crippen LogP contribution in [-0.4, -0.2) is 70.5 Å². The van der Waals surface area contributed by atoms with Crippen molar-refractivity contribution in [1.29, 1.82) is 0 Å². The molecule has 0 saturated carbocycles. The van der Waals surface area contributed by atoms with Crippen molar-refractivity contribution in [2.45, 2.75) is 127 Å². The Morgan fingerprint density at radius 3 is 1.77 bits per heavy atom. The summed E-state index contributed by atoms with van der Waals surface area (Å²) in [7, 11) is 0. The van der Waals surface area contributed by atoms with Crippen molar-refractivity contribution >= 4 is 11.9 Å². The Labute approximate surface area is 271 Å². The van der Waals surface area contributed by atoms with E-state index in [1.807, 2.05) is 0 Å². The standard InChI is InChI=1S/C34H54N4O4.Zn/c1-7-21-17(3)25-13-26-19(5)23(9-11-33(39)40)31(37-26)16-32-24(10-12-34(41)42)20(6)28(38-32)15-30-22(8-2)18(4)27(36-30)14-29(21)35-25;/h7-8,17-32,36-37H,1-2,9-16H2,3-6H3,(H,39,40)(H,41,42);/q-2;+2. The fourth-order valence-electron chi connectivity index (χ4n) is 9.93. The van der Waals surface area contributed by atoms with Gasteiger partial charge in [0.25, 0.3) is 0 Å². The van der Waals surface area contributed by atoms with E-state index in [1.54, 1.807) is 0 Å². The number of nitrogens with one attached hydrogen (secondary N) is 2. The van der Waals surface area contributed by atoms with Crippen LogP contribution in [0.15, 0.2) is 25.3 Å². The molecular weight excluding hydrogens is 594 g/mol. The SMILES string of the molecule is C=CC1C2CC3NC(CC4[N-]C(CC5NC(CC([N-]2)C1C)C(C)C5CCC(=O)O)C(CCC(=O)O)C4C)C(C=C)C3C.[Zn+2]. The summed E-state index contributed by atoms with van der Waals surface area (Å²) >= 11 is 0. The van der Waals surface area contributed by atoms with E-state index in [9.17, 15) is 19.8 Å². The van der Waals surface area contributed by atoms with Crippen molar-refractivity contribution < 1.29 is 39.3 Å². The summed E-state index contributed by atoms with van der Waals surface area (Å²) in [5.41, 5.74) is 0. The fraction of sp³-hybridized carbons (Fsp3) is 0.824. The van der Waals surface area contributed by atoms with Gasteiger partial charge in [0, 0.05) is 37.0 Å². The van der Waals surface area contributed by atoms with Crippen molar-refractivity contribution in [2.24, 2.45) is 47.3 Å². The third-order valence-corrected chi connectivity index (χ3v) is 12.5. The van der Waals surface area contributed by atoms with Gasteiger partial charge < -0.3 is 31.5 Å². The smallest absolute Gasteiger partial charge is 0.656 e. The second-order valence-electron chi connectivity index (χ2n) is 14.5. The molecule has 9 heteroatoms. The summed E-state index contributed by atoms with van der Waals surface area (Å²) in [5.74, 6) is 1.21. The van der Waals surface area contributed by atoms with Gasteiger partial charge in [-0.3, -0.25) is 9.59 Å². The second kappa shape index (κ2) is 14.5. The number of carboxylic acids is 2. The van der Waals surface area contributed by atoms with Gasteiger partial charge in [-0.05, 0) is 42.4 Å². The largest absolute Gasteiger partial charge is 2.00 e. The molecule has 8 bridgehead atoms. The molecule has 5 fully saturated rings. The van der Waals surface area contributed by atoms with Gasteiger partial charge in [-0.2, -0.15) is 0 Å². The predicted octanol–water partition coefficient (Wildman–Crippen LogP) is 5.60. The molecule has 0 aromatic heterocycles. The minimum absolute atomic E-state index is 0. The van der Waals surface area contributed by atoms with E-state index in [0.29, 0.717) is 60.4 Å². The van der Waals surface area contributed by atoms with Crippen LogP contribution in [-0.2, 0) is 29.1 Å². The molecule has 5 aliphatic heterocycles. The van der Waals surface area contributed by atoms with Crippen molar-refractivity contribution in [3.63, 3.8) is 0 Å². The molecule has 8 nitrogen and oxygen atoms in total. The van der Waals surface area contributed by atoms with Crippen molar-refractivity contribution in [1.82, 2.24) is 10.6 Å². The average molecular weight is 648 g/mol. The molecule has 43 heavy (non-hydrogen) atoms. The van der Waals surface area contributed by atoms with Gasteiger partial charge in [0.15, 0.2) is 0 Å². The summed E-state index contributed by atoms with van der Waals surface area (Å²) in [6, 6.07) is 1.83. The monoisotopic (exact) mass is 646 g/mol. The average Bonchev–Trinajstić information content (AvgIpc) is 3.59. The van der Waals surface area contributed by atoms with Crippen molar-refractivity contribution in [3.8, 4) is 0 Å². The first kappa shape index (κ1) is 34.8. The van der Waals surface area contributed by atoms with Crippen LogP contribution in [0.2, 0.25) is 0 Å². The van der Waals surface area contributed by atoms with Gasteiger partial charge in [-0.15, -0.1) is 37.3 Å². The van der Waals surface area contributed by atoms with Gasteiger partial charge in [0.05, 0.1) is 0 Å². The zero-order valence-corrected chi connectivity index (χ0v) is 29.7. The number of nitrogens with zero attached hydrogens (tertiary/aromatic N) is 2. The molecule has 0 amide bonds. The molecule has 16 unspecified atom stereocenters. The summed E-state index contributed by atoms with van der Waals surface area (Å²) < 4.78 is 0. The van der Waals surface area contributed by atoms with Gasteiger partial charge in [0.1, 0.15) is 0 Å². The van der Waals surface area contributed by atoms with Crippen LogP contribution in [0.25, 0.3) is 10.6 Å². The molecule has 236 valence electrons. The Hall–Kier alpha value is -1.12. The van der Waals surface area contributed by atoms with E-state index in [4.69, 9.17) is 10.6 Å². The molecule has 5 heterocycles. The first-order valence-corrected chi connectivity index (χ1v) is 16.6. The predicted molar refractivity (Wildman–Crippen MR) is 167 cm³/mol. The zero-order chi connectivity index (χ0) is 30.3. The fourth-order valence-corrected chi connectivity index (χ4v) is 9.93. The molecule has 16 atom stereocenters. The van der Waals surface area contributed by atoms with Gasteiger partial charge >= 0.3 is 31.4 Å². The van der Waals surface area contributed by atoms with E-state index in [0.717, 1.165) is 25.7 Å². The molecule has 0 radical (unpaired) electrons. The number of rotatable bonds is 8. The van der Waals surface area contributed by atoms with E-state index >= 15 is 0 Å². The molecule has 5 aliphatic rings. The summed E-state index contributed by atoms with van der Waals surface area (Å²) in [4.78, 5) is 23.3. The number of hydrogen-bond donors (Lipinski definition) is 4. The number of aliphatic carboxylic acids is 2. The minimum Gasteiger partial charge on any atom is -0.656 e. The van der Waals surface area contributed by atoms with Crippen molar-refractivity contribution in [3.05, 3.63) is 35.9 Å². The molecule has 0 spiro atoms. The number of carboxylic acid groups (broad SMARTS) is 2. The first-order valence-electron chi connectivity index (χ1n) is 16.6. The van der Waals surface area contributed by atoms with E-state index < -0.39 is 11.9 Å². The Balaban J connectivity index is 0.00000423. The van der Waals surface area contributed by atoms with Crippen LogP contribution in [0.1, 0.15) is 79.1 Å².